The normalized spacial score (nSPS) is 12.6. The van der Waals surface area contributed by atoms with Crippen molar-refractivity contribution >= 4 is 28.7 Å². The Balaban J connectivity index is 2.05. The van der Waals surface area contributed by atoms with Gasteiger partial charge in [-0.05, 0) is 31.5 Å². The van der Waals surface area contributed by atoms with Crippen LogP contribution in [0.1, 0.15) is 19.4 Å². The summed E-state index contributed by atoms with van der Waals surface area (Å²) in [6, 6.07) is 5.87. The molecule has 0 N–H and O–H groups in total. The molecular weight excluding hydrogens is 262 g/mol. The molecule has 0 aliphatic carbocycles. The number of fused-ring (bicyclic) bond motifs is 1. The molecular formula is C13H17N3O2S. The summed E-state index contributed by atoms with van der Waals surface area (Å²) in [4.78, 5) is 13.7. The zero-order chi connectivity index (χ0) is 13.8. The zero-order valence-corrected chi connectivity index (χ0v) is 12.1. The summed E-state index contributed by atoms with van der Waals surface area (Å²) in [5.74, 6) is -0.0154. The van der Waals surface area contributed by atoms with Crippen molar-refractivity contribution in [1.29, 1.82) is 0 Å². The molecule has 0 bridgehead atoms. The molecule has 1 heterocycles. The highest BCUT2D eigenvalue weighted by atomic mass is 32.1. The first-order chi connectivity index (χ1) is 9.11. The Hall–Kier alpha value is -1.53. The van der Waals surface area contributed by atoms with Crippen molar-refractivity contribution in [3.05, 3.63) is 23.8 Å². The number of benzene rings is 1. The van der Waals surface area contributed by atoms with Crippen LogP contribution >= 0.6 is 11.7 Å². The second-order valence-corrected chi connectivity index (χ2v) is 4.91. The van der Waals surface area contributed by atoms with Gasteiger partial charge < -0.3 is 9.64 Å². The minimum absolute atomic E-state index is 0.0154. The average Bonchev–Trinajstić information content (AvgIpc) is 2.85. The van der Waals surface area contributed by atoms with Gasteiger partial charge in [-0.3, -0.25) is 4.79 Å². The lowest BCUT2D eigenvalue weighted by Crippen LogP contribution is -2.35. The lowest BCUT2D eigenvalue weighted by Gasteiger charge is -2.21. The van der Waals surface area contributed by atoms with Gasteiger partial charge in [0.05, 0.1) is 11.7 Å². The zero-order valence-electron chi connectivity index (χ0n) is 11.3. The van der Waals surface area contributed by atoms with Gasteiger partial charge in [-0.1, -0.05) is 6.07 Å². The van der Waals surface area contributed by atoms with E-state index in [-0.39, 0.29) is 5.91 Å². The minimum atomic E-state index is -0.403. The molecule has 6 heteroatoms. The van der Waals surface area contributed by atoms with Crippen molar-refractivity contribution in [1.82, 2.24) is 13.6 Å². The molecule has 0 saturated heterocycles. The van der Waals surface area contributed by atoms with Gasteiger partial charge in [0.25, 0.3) is 5.91 Å². The lowest BCUT2D eigenvalue weighted by molar-refractivity contribution is -0.141. The number of hydrogen-bond donors (Lipinski definition) is 0. The van der Waals surface area contributed by atoms with Crippen LogP contribution in [0.3, 0.4) is 0 Å². The van der Waals surface area contributed by atoms with Crippen molar-refractivity contribution < 1.29 is 9.53 Å². The molecule has 2 aromatic rings. The number of amides is 1. The maximum absolute atomic E-state index is 12.0. The maximum atomic E-state index is 12.0. The first-order valence-corrected chi connectivity index (χ1v) is 6.92. The predicted octanol–water partition coefficient (Wildman–Crippen LogP) is 2.07. The molecule has 0 aliphatic heterocycles. The Morgan fingerprint density at radius 3 is 2.89 bits per heavy atom. The van der Waals surface area contributed by atoms with Crippen molar-refractivity contribution in [3.8, 4) is 0 Å². The molecule has 1 amide bonds. The molecule has 0 radical (unpaired) electrons. The Morgan fingerprint density at radius 2 is 2.16 bits per heavy atom. The summed E-state index contributed by atoms with van der Waals surface area (Å²) in [7, 11) is 1.78. The average molecular weight is 279 g/mol. The summed E-state index contributed by atoms with van der Waals surface area (Å²) < 4.78 is 13.7. The van der Waals surface area contributed by atoms with Crippen LogP contribution in [0.15, 0.2) is 18.2 Å². The number of hydrogen-bond acceptors (Lipinski definition) is 5. The van der Waals surface area contributed by atoms with E-state index < -0.39 is 6.10 Å². The van der Waals surface area contributed by atoms with E-state index in [1.165, 1.54) is 11.7 Å². The van der Waals surface area contributed by atoms with Crippen LogP contribution in [0.25, 0.3) is 11.0 Å². The van der Waals surface area contributed by atoms with Crippen LogP contribution in [0.4, 0.5) is 0 Å². The molecule has 1 atom stereocenters. The number of aromatic nitrogens is 2. The Morgan fingerprint density at radius 1 is 1.42 bits per heavy atom. The second kappa shape index (κ2) is 6.08. The van der Waals surface area contributed by atoms with Gasteiger partial charge in [0, 0.05) is 20.2 Å². The van der Waals surface area contributed by atoms with Crippen LogP contribution in [0, 0.1) is 0 Å². The summed E-state index contributed by atoms with van der Waals surface area (Å²) in [5, 5.41) is 0. The van der Waals surface area contributed by atoms with Gasteiger partial charge in [0.15, 0.2) is 0 Å². The molecule has 1 aromatic carbocycles. The van der Waals surface area contributed by atoms with E-state index in [1.807, 2.05) is 25.1 Å². The van der Waals surface area contributed by atoms with Crippen LogP contribution in [0.5, 0.6) is 0 Å². The van der Waals surface area contributed by atoms with Crippen molar-refractivity contribution in [2.24, 2.45) is 0 Å². The van der Waals surface area contributed by atoms with E-state index in [9.17, 15) is 4.79 Å². The van der Waals surface area contributed by atoms with Crippen molar-refractivity contribution in [3.63, 3.8) is 0 Å². The third kappa shape index (κ3) is 3.27. The third-order valence-electron chi connectivity index (χ3n) is 2.88. The van der Waals surface area contributed by atoms with E-state index in [0.29, 0.717) is 13.2 Å². The fourth-order valence-corrected chi connectivity index (χ4v) is 2.43. The molecule has 0 spiro atoms. The van der Waals surface area contributed by atoms with E-state index in [2.05, 4.69) is 8.75 Å². The number of carbonyl (C=O) groups excluding carboxylic acids is 1. The topological polar surface area (TPSA) is 55.3 Å². The Bertz CT molecular complexity index is 570. The van der Waals surface area contributed by atoms with E-state index in [4.69, 9.17) is 4.74 Å². The second-order valence-electron chi connectivity index (χ2n) is 4.38. The number of likely N-dealkylation sites (N-methyl/N-ethyl adjacent to an activating group) is 1. The molecule has 1 unspecified atom stereocenters. The lowest BCUT2D eigenvalue weighted by atomic mass is 10.2. The molecule has 1 aromatic heterocycles. The number of rotatable bonds is 5. The maximum Gasteiger partial charge on any atom is 0.251 e. The van der Waals surface area contributed by atoms with Gasteiger partial charge in [-0.15, -0.1) is 0 Å². The summed E-state index contributed by atoms with van der Waals surface area (Å²) in [6.45, 7) is 4.74. The number of carbonyl (C=O) groups is 1. The monoisotopic (exact) mass is 279 g/mol. The Labute approximate surface area is 116 Å². The van der Waals surface area contributed by atoms with Gasteiger partial charge >= 0.3 is 0 Å². The SMILES string of the molecule is CCOC(C)C(=O)N(C)Cc1ccc2nsnc2c1. The molecule has 2 rings (SSSR count). The van der Waals surface area contributed by atoms with Gasteiger partial charge in [-0.25, -0.2) is 0 Å². The molecule has 0 saturated carbocycles. The van der Waals surface area contributed by atoms with Crippen molar-refractivity contribution in [2.75, 3.05) is 13.7 Å². The minimum Gasteiger partial charge on any atom is -0.369 e. The first-order valence-electron chi connectivity index (χ1n) is 6.19. The van der Waals surface area contributed by atoms with Gasteiger partial charge in [0.2, 0.25) is 0 Å². The molecule has 19 heavy (non-hydrogen) atoms. The third-order valence-corrected chi connectivity index (χ3v) is 3.44. The fraction of sp³-hybridized carbons (Fsp3) is 0.462. The smallest absolute Gasteiger partial charge is 0.251 e. The summed E-state index contributed by atoms with van der Waals surface area (Å²) >= 11 is 1.20. The van der Waals surface area contributed by atoms with Crippen LogP contribution < -0.4 is 0 Å². The van der Waals surface area contributed by atoms with E-state index in [0.717, 1.165) is 16.6 Å². The summed E-state index contributed by atoms with van der Waals surface area (Å²) in [5.41, 5.74) is 2.81. The van der Waals surface area contributed by atoms with Crippen LogP contribution in [0.2, 0.25) is 0 Å². The summed E-state index contributed by atoms with van der Waals surface area (Å²) in [6.07, 6.45) is -0.403. The van der Waals surface area contributed by atoms with Crippen LogP contribution in [-0.4, -0.2) is 39.3 Å². The highest BCUT2D eigenvalue weighted by molar-refractivity contribution is 7.00. The molecule has 0 fully saturated rings. The fourth-order valence-electron chi connectivity index (χ4n) is 1.91. The first kappa shape index (κ1) is 13.9. The molecule has 0 aliphatic rings. The largest absolute Gasteiger partial charge is 0.369 e. The highest BCUT2D eigenvalue weighted by Gasteiger charge is 2.17. The standard InChI is InChI=1S/C13H17N3O2S/c1-4-18-9(2)13(17)16(3)8-10-5-6-11-12(7-10)15-19-14-11/h5-7,9H,4,8H2,1-3H3. The molecule has 102 valence electrons. The highest BCUT2D eigenvalue weighted by Crippen LogP contribution is 2.15. The number of nitrogens with zero attached hydrogens (tertiary/aromatic N) is 3. The Kier molecular flexibility index (Phi) is 4.44. The van der Waals surface area contributed by atoms with E-state index in [1.54, 1.807) is 18.9 Å². The van der Waals surface area contributed by atoms with Crippen LogP contribution in [-0.2, 0) is 16.1 Å². The van der Waals surface area contributed by atoms with E-state index >= 15 is 0 Å². The number of ether oxygens (including phenoxy) is 1. The quantitative estimate of drug-likeness (QED) is 0.841. The van der Waals surface area contributed by atoms with Gasteiger partial charge in [0.1, 0.15) is 17.1 Å². The predicted molar refractivity (Wildman–Crippen MR) is 75.0 cm³/mol. The van der Waals surface area contributed by atoms with Gasteiger partial charge in [-0.2, -0.15) is 8.75 Å². The molecule has 5 nitrogen and oxygen atoms in total. The van der Waals surface area contributed by atoms with Crippen molar-refractivity contribution in [2.45, 2.75) is 26.5 Å².